The number of hydrogen-bond acceptors (Lipinski definition) is 5. The van der Waals surface area contributed by atoms with E-state index in [1.165, 1.54) is 5.56 Å². The molecule has 0 amide bonds. The first kappa shape index (κ1) is 21.5. The van der Waals surface area contributed by atoms with Crippen LogP contribution in [0.15, 0.2) is 61.2 Å². The minimum atomic E-state index is -0.108. The first-order valence-corrected chi connectivity index (χ1v) is 12.4. The lowest BCUT2D eigenvalue weighted by Gasteiger charge is -2.37. The van der Waals surface area contributed by atoms with E-state index >= 15 is 4.39 Å². The van der Waals surface area contributed by atoms with E-state index in [2.05, 4.69) is 67.3 Å². The molecule has 0 N–H and O–H groups in total. The normalized spacial score (nSPS) is 24.6. The second-order valence-electron chi connectivity index (χ2n) is 8.93. The van der Waals surface area contributed by atoms with Gasteiger partial charge in [-0.15, -0.1) is 10.2 Å². The number of benzene rings is 2. The fraction of sp³-hybridized carbons (Fsp3) is 0.440. The standard InChI is InChI=1S/C25H30FN5S/c1-19-9-12-25(20-6-3-2-4-7-20)32-31(19)15-21-10-11-22(14-24(21)26)29-13-5-8-23(16-29)30-17-27-28-18-30/h2-4,6-7,10-11,14,17-19,23,25H,5,8-9,12-13,15-16H2,1H3/t19-,23?,25+/m0/s1. The molecule has 32 heavy (non-hydrogen) atoms. The molecule has 5 rings (SSSR count). The summed E-state index contributed by atoms with van der Waals surface area (Å²) in [5.41, 5.74) is 3.10. The summed E-state index contributed by atoms with van der Waals surface area (Å²) in [6.07, 6.45) is 8.02. The summed E-state index contributed by atoms with van der Waals surface area (Å²) in [7, 11) is 0. The molecule has 2 saturated heterocycles. The number of halogens is 1. The minimum Gasteiger partial charge on any atom is -0.369 e. The molecule has 3 heterocycles. The molecule has 5 nitrogen and oxygen atoms in total. The molecule has 0 aliphatic carbocycles. The molecule has 1 aromatic heterocycles. The van der Waals surface area contributed by atoms with Crippen molar-refractivity contribution in [1.82, 2.24) is 19.1 Å². The van der Waals surface area contributed by atoms with Crippen molar-refractivity contribution in [2.24, 2.45) is 0 Å². The molecular formula is C25H30FN5S. The fourth-order valence-electron chi connectivity index (χ4n) is 4.80. The van der Waals surface area contributed by atoms with Gasteiger partial charge in [-0.05, 0) is 50.3 Å². The van der Waals surface area contributed by atoms with Crippen molar-refractivity contribution in [2.45, 2.75) is 56.5 Å². The Kier molecular flexibility index (Phi) is 6.46. The van der Waals surface area contributed by atoms with Crippen LogP contribution < -0.4 is 4.90 Å². The number of anilines is 1. The lowest BCUT2D eigenvalue weighted by atomic mass is 10.0. The average molecular weight is 452 g/mol. The molecule has 0 spiro atoms. The van der Waals surface area contributed by atoms with Crippen LogP contribution in [0.3, 0.4) is 0 Å². The van der Waals surface area contributed by atoms with Crippen LogP contribution in [0.1, 0.15) is 55.0 Å². The summed E-state index contributed by atoms with van der Waals surface area (Å²) >= 11 is 1.87. The van der Waals surface area contributed by atoms with Gasteiger partial charge >= 0.3 is 0 Å². The zero-order chi connectivity index (χ0) is 21.9. The lowest BCUT2D eigenvalue weighted by Crippen LogP contribution is -2.36. The topological polar surface area (TPSA) is 37.2 Å². The lowest BCUT2D eigenvalue weighted by molar-refractivity contribution is 0.317. The van der Waals surface area contributed by atoms with Gasteiger partial charge < -0.3 is 9.47 Å². The summed E-state index contributed by atoms with van der Waals surface area (Å²) in [6.45, 7) is 4.69. The second-order valence-corrected chi connectivity index (χ2v) is 10.2. The van der Waals surface area contributed by atoms with E-state index in [0.29, 0.717) is 23.9 Å². The predicted molar refractivity (Wildman–Crippen MR) is 128 cm³/mol. The highest BCUT2D eigenvalue weighted by Crippen LogP contribution is 2.43. The molecule has 1 unspecified atom stereocenters. The largest absolute Gasteiger partial charge is 0.369 e. The molecule has 7 heteroatoms. The Morgan fingerprint density at radius 1 is 1.03 bits per heavy atom. The molecular weight excluding hydrogens is 421 g/mol. The van der Waals surface area contributed by atoms with Gasteiger partial charge in [-0.1, -0.05) is 48.3 Å². The molecule has 2 aliphatic rings. The Balaban J connectivity index is 1.27. The molecule has 2 aliphatic heterocycles. The molecule has 168 valence electrons. The maximum absolute atomic E-state index is 15.2. The first-order valence-electron chi connectivity index (χ1n) is 11.5. The number of aromatic nitrogens is 3. The zero-order valence-corrected chi connectivity index (χ0v) is 19.3. The SMILES string of the molecule is C[C@H]1CC[C@H](c2ccccc2)SN1Cc1ccc(N2CCCC(n3cnnc3)C2)cc1F. The van der Waals surface area contributed by atoms with Crippen molar-refractivity contribution in [1.29, 1.82) is 0 Å². The Morgan fingerprint density at radius 2 is 1.84 bits per heavy atom. The van der Waals surface area contributed by atoms with Crippen LogP contribution >= 0.6 is 11.9 Å². The number of rotatable bonds is 5. The van der Waals surface area contributed by atoms with Crippen LogP contribution in [0.2, 0.25) is 0 Å². The first-order chi connectivity index (χ1) is 15.7. The maximum Gasteiger partial charge on any atom is 0.129 e. The molecule has 2 fully saturated rings. The highest BCUT2D eigenvalue weighted by atomic mass is 32.2. The van der Waals surface area contributed by atoms with Gasteiger partial charge in [0.25, 0.3) is 0 Å². The van der Waals surface area contributed by atoms with Crippen molar-refractivity contribution >= 4 is 17.6 Å². The fourth-order valence-corrected chi connectivity index (χ4v) is 6.18. The number of hydrogen-bond donors (Lipinski definition) is 0. The molecule has 3 atom stereocenters. The summed E-state index contributed by atoms with van der Waals surface area (Å²) in [5, 5.41) is 8.31. The van der Waals surface area contributed by atoms with Gasteiger partial charge in [0.2, 0.25) is 0 Å². The summed E-state index contributed by atoms with van der Waals surface area (Å²) in [5.74, 6) is -0.108. The van der Waals surface area contributed by atoms with Crippen molar-refractivity contribution in [3.05, 3.63) is 78.1 Å². The van der Waals surface area contributed by atoms with Crippen molar-refractivity contribution in [3.63, 3.8) is 0 Å². The van der Waals surface area contributed by atoms with E-state index in [1.807, 2.05) is 18.0 Å². The summed E-state index contributed by atoms with van der Waals surface area (Å²) in [6, 6.07) is 17.2. The summed E-state index contributed by atoms with van der Waals surface area (Å²) < 4.78 is 19.6. The van der Waals surface area contributed by atoms with E-state index in [9.17, 15) is 0 Å². The monoisotopic (exact) mass is 451 g/mol. The van der Waals surface area contributed by atoms with Gasteiger partial charge in [-0.3, -0.25) is 0 Å². The average Bonchev–Trinajstić information content (AvgIpc) is 3.37. The van der Waals surface area contributed by atoms with Gasteiger partial charge in [0, 0.05) is 42.2 Å². The highest BCUT2D eigenvalue weighted by Gasteiger charge is 2.28. The van der Waals surface area contributed by atoms with Crippen molar-refractivity contribution < 1.29 is 4.39 Å². The Hall–Kier alpha value is -2.38. The van der Waals surface area contributed by atoms with E-state index in [-0.39, 0.29) is 5.82 Å². The van der Waals surface area contributed by atoms with E-state index in [4.69, 9.17) is 0 Å². The molecule has 3 aromatic rings. The van der Waals surface area contributed by atoms with Gasteiger partial charge in [0.05, 0.1) is 6.04 Å². The van der Waals surface area contributed by atoms with E-state index in [0.717, 1.165) is 50.0 Å². The van der Waals surface area contributed by atoms with Crippen LogP contribution in [-0.4, -0.2) is 38.2 Å². The third-order valence-corrected chi connectivity index (χ3v) is 8.28. The molecule has 0 bridgehead atoms. The van der Waals surface area contributed by atoms with Gasteiger partial charge in [0.1, 0.15) is 18.5 Å². The van der Waals surface area contributed by atoms with Crippen molar-refractivity contribution in [2.75, 3.05) is 18.0 Å². The smallest absolute Gasteiger partial charge is 0.129 e. The minimum absolute atomic E-state index is 0.108. The Labute approximate surface area is 193 Å². The molecule has 0 saturated carbocycles. The zero-order valence-electron chi connectivity index (χ0n) is 18.5. The third-order valence-electron chi connectivity index (χ3n) is 6.75. The van der Waals surface area contributed by atoms with Crippen molar-refractivity contribution in [3.8, 4) is 0 Å². The quantitative estimate of drug-likeness (QED) is 0.470. The van der Waals surface area contributed by atoms with Gasteiger partial charge in [-0.2, -0.15) is 0 Å². The second kappa shape index (κ2) is 9.63. The highest BCUT2D eigenvalue weighted by molar-refractivity contribution is 7.97. The van der Waals surface area contributed by atoms with E-state index < -0.39 is 0 Å². The maximum atomic E-state index is 15.2. The third kappa shape index (κ3) is 4.69. The van der Waals surface area contributed by atoms with Crippen LogP contribution in [-0.2, 0) is 6.54 Å². The number of nitrogens with zero attached hydrogens (tertiary/aromatic N) is 5. The van der Waals surface area contributed by atoms with Crippen LogP contribution in [0.4, 0.5) is 10.1 Å². The number of piperidine rings is 1. The molecule has 2 aromatic carbocycles. The molecule has 0 radical (unpaired) electrons. The van der Waals surface area contributed by atoms with Crippen LogP contribution in [0.25, 0.3) is 0 Å². The van der Waals surface area contributed by atoms with Crippen LogP contribution in [0, 0.1) is 5.82 Å². The Bertz CT molecular complexity index is 1010. The summed E-state index contributed by atoms with van der Waals surface area (Å²) in [4.78, 5) is 2.28. The van der Waals surface area contributed by atoms with Gasteiger partial charge in [0.15, 0.2) is 0 Å². The van der Waals surface area contributed by atoms with Gasteiger partial charge in [-0.25, -0.2) is 8.70 Å². The van der Waals surface area contributed by atoms with E-state index in [1.54, 1.807) is 18.7 Å². The Morgan fingerprint density at radius 3 is 2.62 bits per heavy atom. The predicted octanol–water partition coefficient (Wildman–Crippen LogP) is 5.63. The van der Waals surface area contributed by atoms with Crippen LogP contribution in [0.5, 0.6) is 0 Å².